The van der Waals surface area contributed by atoms with E-state index in [9.17, 15) is 4.39 Å². The molecule has 0 aromatic heterocycles. The Morgan fingerprint density at radius 2 is 2.27 bits per heavy atom. The SMILES string of the molecule is CC(O)CCNc1cc(F)cc(C#N)c1. The van der Waals surface area contributed by atoms with Crippen LogP contribution in [0.3, 0.4) is 0 Å². The van der Waals surface area contributed by atoms with E-state index in [-0.39, 0.29) is 11.7 Å². The number of nitrogens with one attached hydrogen (secondary N) is 1. The van der Waals surface area contributed by atoms with E-state index in [2.05, 4.69) is 5.32 Å². The first-order valence-corrected chi connectivity index (χ1v) is 4.74. The number of nitriles is 1. The summed E-state index contributed by atoms with van der Waals surface area (Å²) >= 11 is 0. The van der Waals surface area contributed by atoms with Crippen LogP contribution in [0.2, 0.25) is 0 Å². The Morgan fingerprint density at radius 3 is 2.87 bits per heavy atom. The second-order valence-electron chi connectivity index (χ2n) is 3.40. The van der Waals surface area contributed by atoms with Gasteiger partial charge in [-0.25, -0.2) is 4.39 Å². The third kappa shape index (κ3) is 3.96. The van der Waals surface area contributed by atoms with Crippen molar-refractivity contribution in [2.24, 2.45) is 0 Å². The summed E-state index contributed by atoms with van der Waals surface area (Å²) in [6.07, 6.45) is 0.194. The van der Waals surface area contributed by atoms with Crippen molar-refractivity contribution in [3.05, 3.63) is 29.6 Å². The Kier molecular flexibility index (Phi) is 4.07. The van der Waals surface area contributed by atoms with Gasteiger partial charge in [0, 0.05) is 12.2 Å². The third-order valence-electron chi connectivity index (χ3n) is 1.92. The van der Waals surface area contributed by atoms with Gasteiger partial charge in [0.05, 0.1) is 17.7 Å². The van der Waals surface area contributed by atoms with E-state index in [0.29, 0.717) is 18.7 Å². The number of nitrogens with zero attached hydrogens (tertiary/aromatic N) is 1. The van der Waals surface area contributed by atoms with E-state index in [1.54, 1.807) is 13.0 Å². The molecule has 0 aliphatic heterocycles. The van der Waals surface area contributed by atoms with Crippen LogP contribution in [0.15, 0.2) is 18.2 Å². The molecular formula is C11H13FN2O. The molecule has 0 amide bonds. The maximum absolute atomic E-state index is 13.0. The van der Waals surface area contributed by atoms with Crippen LogP contribution in [-0.2, 0) is 0 Å². The summed E-state index contributed by atoms with van der Waals surface area (Å²) in [5.41, 5.74) is 0.849. The molecule has 0 fully saturated rings. The zero-order chi connectivity index (χ0) is 11.3. The van der Waals surface area contributed by atoms with Crippen LogP contribution < -0.4 is 5.32 Å². The number of benzene rings is 1. The van der Waals surface area contributed by atoms with Crippen molar-refractivity contribution in [2.45, 2.75) is 19.4 Å². The molecule has 0 saturated heterocycles. The molecule has 1 unspecified atom stereocenters. The minimum atomic E-state index is -0.436. The lowest BCUT2D eigenvalue weighted by Crippen LogP contribution is -2.09. The fourth-order valence-corrected chi connectivity index (χ4v) is 1.18. The van der Waals surface area contributed by atoms with Gasteiger partial charge in [0.2, 0.25) is 0 Å². The van der Waals surface area contributed by atoms with Crippen LogP contribution in [-0.4, -0.2) is 17.8 Å². The van der Waals surface area contributed by atoms with Gasteiger partial charge in [0.1, 0.15) is 5.82 Å². The molecule has 1 aromatic carbocycles. The first kappa shape index (κ1) is 11.5. The molecule has 0 aliphatic carbocycles. The first-order valence-electron chi connectivity index (χ1n) is 4.74. The number of hydrogen-bond acceptors (Lipinski definition) is 3. The molecular weight excluding hydrogens is 195 g/mol. The Bertz CT molecular complexity index is 371. The molecule has 0 aliphatic rings. The normalized spacial score (nSPS) is 11.9. The van der Waals surface area contributed by atoms with Gasteiger partial charge in [-0.3, -0.25) is 0 Å². The molecule has 1 atom stereocenters. The molecule has 0 bridgehead atoms. The smallest absolute Gasteiger partial charge is 0.126 e. The van der Waals surface area contributed by atoms with Gasteiger partial charge in [0.15, 0.2) is 0 Å². The second kappa shape index (κ2) is 5.32. The molecule has 1 aromatic rings. The lowest BCUT2D eigenvalue weighted by atomic mass is 10.2. The molecule has 0 heterocycles. The Hall–Kier alpha value is -1.60. The average Bonchev–Trinajstić information content (AvgIpc) is 2.16. The highest BCUT2D eigenvalue weighted by Gasteiger charge is 2.00. The number of aliphatic hydroxyl groups is 1. The van der Waals surface area contributed by atoms with Crippen LogP contribution in [0.1, 0.15) is 18.9 Å². The summed E-state index contributed by atoms with van der Waals surface area (Å²) in [5, 5.41) is 20.6. The lowest BCUT2D eigenvalue weighted by molar-refractivity contribution is 0.189. The van der Waals surface area contributed by atoms with Crippen molar-refractivity contribution >= 4 is 5.69 Å². The predicted octanol–water partition coefficient (Wildman–Crippen LogP) is 1.88. The summed E-state index contributed by atoms with van der Waals surface area (Å²) in [4.78, 5) is 0. The molecule has 80 valence electrons. The summed E-state index contributed by atoms with van der Waals surface area (Å²) < 4.78 is 13.0. The Morgan fingerprint density at radius 1 is 1.53 bits per heavy atom. The van der Waals surface area contributed by atoms with Gasteiger partial charge >= 0.3 is 0 Å². The van der Waals surface area contributed by atoms with Crippen molar-refractivity contribution < 1.29 is 9.50 Å². The maximum Gasteiger partial charge on any atom is 0.126 e. The van der Waals surface area contributed by atoms with E-state index in [0.717, 1.165) is 0 Å². The van der Waals surface area contributed by atoms with E-state index in [4.69, 9.17) is 10.4 Å². The van der Waals surface area contributed by atoms with Gasteiger partial charge in [0.25, 0.3) is 0 Å². The average molecular weight is 208 g/mol. The monoisotopic (exact) mass is 208 g/mol. The largest absolute Gasteiger partial charge is 0.393 e. The van der Waals surface area contributed by atoms with Crippen LogP contribution >= 0.6 is 0 Å². The highest BCUT2D eigenvalue weighted by molar-refractivity contribution is 5.49. The van der Waals surface area contributed by atoms with Crippen LogP contribution in [0, 0.1) is 17.1 Å². The predicted molar refractivity (Wildman–Crippen MR) is 55.9 cm³/mol. The van der Waals surface area contributed by atoms with Crippen molar-refractivity contribution in [3.8, 4) is 6.07 Å². The highest BCUT2D eigenvalue weighted by atomic mass is 19.1. The quantitative estimate of drug-likeness (QED) is 0.794. The summed E-state index contributed by atoms with van der Waals surface area (Å²) in [6.45, 7) is 2.24. The fraction of sp³-hybridized carbons (Fsp3) is 0.364. The molecule has 3 nitrogen and oxygen atoms in total. The van der Waals surface area contributed by atoms with Gasteiger partial charge < -0.3 is 10.4 Å². The zero-order valence-corrected chi connectivity index (χ0v) is 8.50. The van der Waals surface area contributed by atoms with Gasteiger partial charge in [-0.05, 0) is 31.5 Å². The van der Waals surface area contributed by atoms with Crippen molar-refractivity contribution in [1.82, 2.24) is 0 Å². The number of anilines is 1. The van der Waals surface area contributed by atoms with Crippen molar-refractivity contribution in [2.75, 3.05) is 11.9 Å². The van der Waals surface area contributed by atoms with Gasteiger partial charge in [-0.15, -0.1) is 0 Å². The zero-order valence-electron chi connectivity index (χ0n) is 8.50. The van der Waals surface area contributed by atoms with Crippen molar-refractivity contribution in [1.29, 1.82) is 5.26 Å². The van der Waals surface area contributed by atoms with Crippen LogP contribution in [0.25, 0.3) is 0 Å². The second-order valence-corrected chi connectivity index (χ2v) is 3.40. The van der Waals surface area contributed by atoms with E-state index in [1.165, 1.54) is 12.1 Å². The van der Waals surface area contributed by atoms with E-state index in [1.807, 2.05) is 6.07 Å². The minimum absolute atomic E-state index is 0.287. The molecule has 2 N–H and O–H groups in total. The molecule has 0 radical (unpaired) electrons. The maximum atomic E-state index is 13.0. The number of aliphatic hydroxyl groups excluding tert-OH is 1. The highest BCUT2D eigenvalue weighted by Crippen LogP contribution is 2.13. The summed E-state index contributed by atoms with van der Waals surface area (Å²) in [7, 11) is 0. The molecule has 4 heteroatoms. The minimum Gasteiger partial charge on any atom is -0.393 e. The fourth-order valence-electron chi connectivity index (χ4n) is 1.18. The number of halogens is 1. The topological polar surface area (TPSA) is 56.0 Å². The summed E-state index contributed by atoms with van der Waals surface area (Å²) in [5.74, 6) is -0.436. The standard InChI is InChI=1S/C11H13FN2O/c1-8(15)2-3-14-11-5-9(7-13)4-10(12)6-11/h4-6,8,14-15H,2-3H2,1H3. The summed E-state index contributed by atoms with van der Waals surface area (Å²) in [6, 6.07) is 5.96. The van der Waals surface area contributed by atoms with Crippen molar-refractivity contribution in [3.63, 3.8) is 0 Å². The molecule has 1 rings (SSSR count). The van der Waals surface area contributed by atoms with E-state index >= 15 is 0 Å². The molecule has 0 saturated carbocycles. The van der Waals surface area contributed by atoms with Gasteiger partial charge in [-0.2, -0.15) is 5.26 Å². The van der Waals surface area contributed by atoms with Crippen LogP contribution in [0.5, 0.6) is 0 Å². The third-order valence-corrected chi connectivity index (χ3v) is 1.92. The lowest BCUT2D eigenvalue weighted by Gasteiger charge is -2.08. The van der Waals surface area contributed by atoms with Gasteiger partial charge in [-0.1, -0.05) is 0 Å². The Labute approximate surface area is 88.2 Å². The Balaban J connectivity index is 2.61. The molecule has 15 heavy (non-hydrogen) atoms. The number of hydrogen-bond donors (Lipinski definition) is 2. The van der Waals surface area contributed by atoms with Crippen LogP contribution in [0.4, 0.5) is 10.1 Å². The number of rotatable bonds is 4. The molecule has 0 spiro atoms. The first-order chi connectivity index (χ1) is 7.11. The van der Waals surface area contributed by atoms with E-state index < -0.39 is 5.82 Å².